The van der Waals surface area contributed by atoms with Crippen molar-refractivity contribution in [1.82, 2.24) is 4.90 Å². The zero-order chi connectivity index (χ0) is 21.0. The van der Waals surface area contributed by atoms with E-state index in [0.29, 0.717) is 6.54 Å². The predicted molar refractivity (Wildman–Crippen MR) is 120 cm³/mol. The highest BCUT2D eigenvalue weighted by molar-refractivity contribution is 5.76. The van der Waals surface area contributed by atoms with Gasteiger partial charge in [0.25, 0.3) is 0 Å². The van der Waals surface area contributed by atoms with Crippen LogP contribution in [-0.2, 0) is 0 Å². The Labute approximate surface area is 170 Å². The van der Waals surface area contributed by atoms with E-state index in [1.165, 1.54) is 32.1 Å². The maximum Gasteiger partial charge on any atom is 0.188 e. The van der Waals surface area contributed by atoms with E-state index >= 15 is 0 Å². The van der Waals surface area contributed by atoms with Gasteiger partial charge in [-0.3, -0.25) is 15.4 Å². The van der Waals surface area contributed by atoms with E-state index in [0.717, 1.165) is 64.6 Å². The molecule has 0 amide bonds. The van der Waals surface area contributed by atoms with Crippen LogP contribution in [0.15, 0.2) is 9.98 Å². The lowest BCUT2D eigenvalue weighted by Gasteiger charge is -2.22. The van der Waals surface area contributed by atoms with Gasteiger partial charge in [-0.05, 0) is 25.7 Å². The van der Waals surface area contributed by atoms with Crippen molar-refractivity contribution in [3.63, 3.8) is 0 Å². The number of unbranched alkanes of at least 4 members (excludes halogenated alkanes) is 10. The summed E-state index contributed by atoms with van der Waals surface area (Å²) in [7, 11) is 0. The van der Waals surface area contributed by atoms with Crippen LogP contribution < -0.4 is 28.7 Å². The summed E-state index contributed by atoms with van der Waals surface area (Å²) in [6, 6.07) is 0. The van der Waals surface area contributed by atoms with Gasteiger partial charge in [0.2, 0.25) is 0 Å². The normalized spacial score (nSPS) is 10.4. The molecule has 0 bridgehead atoms. The molecule has 0 aliphatic carbocycles. The molecule has 0 aliphatic rings. The van der Waals surface area contributed by atoms with Crippen LogP contribution in [-0.4, -0.2) is 49.0 Å². The number of guanidine groups is 3. The molecular weight excluding hydrogens is 354 g/mol. The van der Waals surface area contributed by atoms with Crippen molar-refractivity contribution >= 4 is 17.9 Å². The molecule has 9 heteroatoms. The molecule has 0 aromatic rings. The first-order chi connectivity index (χ1) is 13.4. The van der Waals surface area contributed by atoms with Crippen molar-refractivity contribution in [3.05, 3.63) is 0 Å². The average Bonchev–Trinajstić information content (AvgIpc) is 2.62. The van der Waals surface area contributed by atoms with Gasteiger partial charge in [0.15, 0.2) is 17.9 Å². The molecule has 0 radical (unpaired) electrons. The predicted octanol–water partition coefficient (Wildman–Crippen LogP) is 1.41. The molecule has 0 saturated carbocycles. The number of hydrogen-bond acceptors (Lipinski definition) is 3. The second-order valence-corrected chi connectivity index (χ2v) is 7.23. The fraction of sp³-hybridized carbons (Fsp3) is 0.842. The quantitative estimate of drug-likeness (QED) is 0.115. The molecule has 9 nitrogen and oxygen atoms in total. The molecule has 164 valence electrons. The van der Waals surface area contributed by atoms with Crippen LogP contribution in [0.3, 0.4) is 0 Å². The molecule has 0 saturated heterocycles. The summed E-state index contributed by atoms with van der Waals surface area (Å²) in [5.41, 5.74) is 26.9. The van der Waals surface area contributed by atoms with Crippen molar-refractivity contribution in [2.75, 3.05) is 26.2 Å². The lowest BCUT2D eigenvalue weighted by molar-refractivity contribution is 0.378. The summed E-state index contributed by atoms with van der Waals surface area (Å²) in [5, 5.41) is 7.74. The van der Waals surface area contributed by atoms with E-state index in [4.69, 9.17) is 34.1 Å². The molecule has 0 aromatic carbocycles. The summed E-state index contributed by atoms with van der Waals surface area (Å²) >= 11 is 0. The molecule has 0 atom stereocenters. The maximum absolute atomic E-state index is 7.74. The van der Waals surface area contributed by atoms with E-state index in [1.54, 1.807) is 0 Å². The Hall–Kier alpha value is -2.19. The minimum absolute atomic E-state index is 0.167. The summed E-state index contributed by atoms with van der Waals surface area (Å²) in [4.78, 5) is 9.96. The number of hydrogen-bond donors (Lipinski definition) is 6. The summed E-state index contributed by atoms with van der Waals surface area (Å²) in [6.45, 7) is 3.18. The fourth-order valence-electron chi connectivity index (χ4n) is 3.01. The number of nitrogens with two attached hydrogens (primary N) is 5. The molecule has 0 fully saturated rings. The van der Waals surface area contributed by atoms with Gasteiger partial charge in [-0.15, -0.1) is 0 Å². The Morgan fingerprint density at radius 1 is 0.536 bits per heavy atom. The van der Waals surface area contributed by atoms with E-state index in [9.17, 15) is 0 Å². The first-order valence-electron chi connectivity index (χ1n) is 10.6. The van der Waals surface area contributed by atoms with Crippen LogP contribution >= 0.6 is 0 Å². The molecule has 28 heavy (non-hydrogen) atoms. The molecule has 11 N–H and O–H groups in total. The third-order valence-corrected chi connectivity index (χ3v) is 4.60. The third-order valence-electron chi connectivity index (χ3n) is 4.60. The summed E-state index contributed by atoms with van der Waals surface area (Å²) < 4.78 is 0. The Bertz CT molecular complexity index is 441. The largest absolute Gasteiger partial charge is 0.370 e. The van der Waals surface area contributed by atoms with E-state index < -0.39 is 0 Å². The first-order valence-corrected chi connectivity index (χ1v) is 10.6. The Morgan fingerprint density at radius 2 is 0.857 bits per heavy atom. The Morgan fingerprint density at radius 3 is 1.18 bits per heavy atom. The monoisotopic (exact) mass is 397 g/mol. The SMILES string of the molecule is N=C(N)N(CCCCCCCCCN=C(N)N)CCCCCCCN=C(N)N. The number of nitrogens with zero attached hydrogens (tertiary/aromatic N) is 3. The van der Waals surface area contributed by atoms with E-state index in [2.05, 4.69) is 9.98 Å². The Kier molecular flexibility index (Phi) is 16.8. The molecule has 0 aliphatic heterocycles. The molecule has 0 unspecified atom stereocenters. The van der Waals surface area contributed by atoms with E-state index in [-0.39, 0.29) is 17.9 Å². The van der Waals surface area contributed by atoms with Crippen LogP contribution in [0, 0.1) is 5.41 Å². The van der Waals surface area contributed by atoms with Crippen LogP contribution in [0.1, 0.15) is 77.0 Å². The van der Waals surface area contributed by atoms with Gasteiger partial charge in [0, 0.05) is 26.2 Å². The highest BCUT2D eigenvalue weighted by Crippen LogP contribution is 2.09. The lowest BCUT2D eigenvalue weighted by atomic mass is 10.1. The standard InChI is InChI=1S/C19H43N9/c20-17(21)26-13-9-5-2-1-3-7-11-15-28(19(24)25)16-12-8-4-6-10-14-27-18(22)23/h1-16H2,(H3,24,25)(H4,20,21,26)(H4,22,23,27). The van der Waals surface area contributed by atoms with Gasteiger partial charge in [0.1, 0.15) is 0 Å². The smallest absolute Gasteiger partial charge is 0.188 e. The lowest BCUT2D eigenvalue weighted by Crippen LogP contribution is -2.37. The zero-order valence-electron chi connectivity index (χ0n) is 17.5. The summed E-state index contributed by atoms with van der Waals surface area (Å²) in [5.74, 6) is 0.533. The number of nitrogens with one attached hydrogen (secondary N) is 1. The highest BCUT2D eigenvalue weighted by atomic mass is 15.2. The van der Waals surface area contributed by atoms with Crippen molar-refractivity contribution < 1.29 is 0 Å². The van der Waals surface area contributed by atoms with Gasteiger partial charge in [-0.25, -0.2) is 0 Å². The van der Waals surface area contributed by atoms with Gasteiger partial charge in [-0.1, -0.05) is 51.4 Å². The van der Waals surface area contributed by atoms with Gasteiger partial charge in [0.05, 0.1) is 0 Å². The second kappa shape index (κ2) is 18.2. The van der Waals surface area contributed by atoms with Crippen LogP contribution in [0.25, 0.3) is 0 Å². The van der Waals surface area contributed by atoms with Gasteiger partial charge in [-0.2, -0.15) is 0 Å². The maximum atomic E-state index is 7.74. The molecule has 0 heterocycles. The minimum Gasteiger partial charge on any atom is -0.370 e. The van der Waals surface area contributed by atoms with Crippen LogP contribution in [0.4, 0.5) is 0 Å². The van der Waals surface area contributed by atoms with Crippen molar-refractivity contribution in [1.29, 1.82) is 5.41 Å². The van der Waals surface area contributed by atoms with Crippen molar-refractivity contribution in [3.8, 4) is 0 Å². The average molecular weight is 398 g/mol. The molecule has 0 spiro atoms. The van der Waals surface area contributed by atoms with Crippen molar-refractivity contribution in [2.45, 2.75) is 77.0 Å². The molecule has 0 rings (SSSR count). The summed E-state index contributed by atoms with van der Waals surface area (Å²) in [6.07, 6.45) is 13.7. The second-order valence-electron chi connectivity index (χ2n) is 7.23. The minimum atomic E-state index is 0.167. The first kappa shape index (κ1) is 25.8. The number of rotatable bonds is 18. The van der Waals surface area contributed by atoms with Gasteiger partial charge >= 0.3 is 0 Å². The van der Waals surface area contributed by atoms with Crippen molar-refractivity contribution in [2.24, 2.45) is 38.7 Å². The topological polar surface area (TPSA) is 182 Å². The Balaban J connectivity index is 3.56. The molecular formula is C19H43N9. The van der Waals surface area contributed by atoms with Crippen LogP contribution in [0.5, 0.6) is 0 Å². The number of aliphatic imine (C=N–C) groups is 2. The third kappa shape index (κ3) is 18.6. The highest BCUT2D eigenvalue weighted by Gasteiger charge is 2.05. The molecule has 0 aromatic heterocycles. The zero-order valence-corrected chi connectivity index (χ0v) is 17.5. The fourth-order valence-corrected chi connectivity index (χ4v) is 3.01. The van der Waals surface area contributed by atoms with Gasteiger partial charge < -0.3 is 33.6 Å². The van der Waals surface area contributed by atoms with E-state index in [1.807, 2.05) is 4.90 Å². The van der Waals surface area contributed by atoms with Crippen LogP contribution in [0.2, 0.25) is 0 Å².